The Labute approximate surface area is 234 Å². The van der Waals surface area contributed by atoms with Crippen molar-refractivity contribution in [2.24, 2.45) is 0 Å². The molecule has 13 heteroatoms. The lowest BCUT2D eigenvalue weighted by Crippen LogP contribution is -2.39. The van der Waals surface area contributed by atoms with Crippen LogP contribution in [0.5, 0.6) is 5.75 Å². The van der Waals surface area contributed by atoms with Crippen LogP contribution in [0.1, 0.15) is 28.1 Å². The summed E-state index contributed by atoms with van der Waals surface area (Å²) in [4.78, 5) is 15.7. The molecule has 0 spiro atoms. The minimum atomic E-state index is -4.44. The third-order valence-electron chi connectivity index (χ3n) is 5.96. The molecule has 0 bridgehead atoms. The Morgan fingerprint density at radius 3 is 2.22 bits per heavy atom. The van der Waals surface area contributed by atoms with Crippen molar-refractivity contribution in [3.63, 3.8) is 0 Å². The smallest absolute Gasteiger partial charge is 0.416 e. The van der Waals surface area contributed by atoms with Crippen molar-refractivity contribution in [3.05, 3.63) is 101 Å². The van der Waals surface area contributed by atoms with Gasteiger partial charge in [0, 0.05) is 17.8 Å². The summed E-state index contributed by atoms with van der Waals surface area (Å²) < 4.78 is 78.8. The van der Waals surface area contributed by atoms with E-state index < -0.39 is 34.5 Å². The fraction of sp³-hybridized carbons (Fsp3) is 0.214. The summed E-state index contributed by atoms with van der Waals surface area (Å²) in [5.74, 6) is -0.285. The molecule has 4 rings (SSSR count). The van der Waals surface area contributed by atoms with E-state index in [1.165, 1.54) is 12.1 Å². The number of aliphatic carboxylic acids is 1. The number of oxazole rings is 1. The molecule has 0 aliphatic heterocycles. The van der Waals surface area contributed by atoms with Crippen molar-refractivity contribution < 1.29 is 40.6 Å². The molecular formula is C28H26F3N3O6S. The first-order valence-corrected chi connectivity index (χ1v) is 13.7. The number of halogens is 3. The molecule has 0 unspecified atom stereocenters. The van der Waals surface area contributed by atoms with Gasteiger partial charge in [0.1, 0.15) is 30.4 Å². The number of hydrogen-bond acceptors (Lipinski definition) is 6. The number of benzene rings is 3. The Morgan fingerprint density at radius 1 is 1.00 bits per heavy atom. The number of aromatic nitrogens is 1. The fourth-order valence-electron chi connectivity index (χ4n) is 3.75. The topological polar surface area (TPSA) is 122 Å². The lowest BCUT2D eigenvalue weighted by Gasteiger charge is -2.21. The predicted molar refractivity (Wildman–Crippen MR) is 144 cm³/mol. The minimum Gasteiger partial charge on any atom is -0.487 e. The van der Waals surface area contributed by atoms with E-state index in [4.69, 9.17) is 9.15 Å². The van der Waals surface area contributed by atoms with E-state index in [2.05, 4.69) is 9.71 Å². The van der Waals surface area contributed by atoms with Gasteiger partial charge in [-0.3, -0.25) is 9.52 Å². The zero-order valence-corrected chi connectivity index (χ0v) is 22.8. The number of carboxylic acids is 1. The van der Waals surface area contributed by atoms with Crippen molar-refractivity contribution >= 4 is 21.9 Å². The summed E-state index contributed by atoms with van der Waals surface area (Å²) in [5.41, 5.74) is 1.83. The van der Waals surface area contributed by atoms with Gasteiger partial charge in [-0.15, -0.1) is 0 Å². The highest BCUT2D eigenvalue weighted by atomic mass is 32.2. The summed E-state index contributed by atoms with van der Waals surface area (Å²) in [5, 5.41) is 9.28. The Hall–Kier alpha value is -4.36. The molecule has 0 atom stereocenters. The highest BCUT2D eigenvalue weighted by Crippen LogP contribution is 2.31. The van der Waals surface area contributed by atoms with Gasteiger partial charge in [0.2, 0.25) is 5.89 Å². The predicted octanol–water partition coefficient (Wildman–Crippen LogP) is 5.80. The van der Waals surface area contributed by atoms with E-state index >= 15 is 0 Å². The number of ether oxygens (including phenoxy) is 1. The molecule has 0 amide bonds. The van der Waals surface area contributed by atoms with Crippen LogP contribution in [0.4, 0.5) is 18.9 Å². The quantitative estimate of drug-likeness (QED) is 0.227. The Balaban J connectivity index is 1.40. The van der Waals surface area contributed by atoms with Crippen LogP contribution in [0.25, 0.3) is 11.5 Å². The molecule has 0 fully saturated rings. The normalized spacial score (nSPS) is 12.0. The number of anilines is 1. The molecule has 0 aliphatic rings. The second-order valence-electron chi connectivity index (χ2n) is 9.16. The molecule has 9 nitrogen and oxygen atoms in total. The molecule has 4 aromatic rings. The van der Waals surface area contributed by atoms with Crippen LogP contribution in [0.3, 0.4) is 0 Å². The summed E-state index contributed by atoms with van der Waals surface area (Å²) in [6.07, 6.45) is -4.44. The molecule has 1 aromatic heterocycles. The average molecular weight is 590 g/mol. The maximum absolute atomic E-state index is 12.9. The van der Waals surface area contributed by atoms with Crippen molar-refractivity contribution in [2.45, 2.75) is 33.2 Å². The number of carboxylic acid groups (broad SMARTS) is 1. The molecule has 41 heavy (non-hydrogen) atoms. The Bertz CT molecular complexity index is 1600. The third kappa shape index (κ3) is 7.86. The Kier molecular flexibility index (Phi) is 8.69. The van der Waals surface area contributed by atoms with Gasteiger partial charge in [-0.05, 0) is 67.9 Å². The Morgan fingerprint density at radius 2 is 1.63 bits per heavy atom. The van der Waals surface area contributed by atoms with E-state index in [-0.39, 0.29) is 19.0 Å². The van der Waals surface area contributed by atoms with Crippen LogP contribution in [0.15, 0.2) is 77.2 Å². The molecule has 1 heterocycles. The number of rotatable bonds is 11. The molecular weight excluding hydrogens is 563 g/mol. The molecule has 0 aliphatic carbocycles. The highest BCUT2D eigenvalue weighted by molar-refractivity contribution is 7.90. The van der Waals surface area contributed by atoms with Crippen LogP contribution in [0.2, 0.25) is 0 Å². The van der Waals surface area contributed by atoms with Crippen LogP contribution in [-0.2, 0) is 34.3 Å². The number of alkyl halides is 3. The SMILES string of the molecule is Cc1ccc(NS(=O)(=O)N(CC(=O)O)Cc2ccc(OCc3nc(-c4ccc(C(F)(F)F)cc4)oc3C)cc2)cc1. The fourth-order valence-corrected chi connectivity index (χ4v) is 4.91. The van der Waals surface area contributed by atoms with Gasteiger partial charge in [0.05, 0.1) is 5.56 Å². The molecule has 3 aromatic carbocycles. The van der Waals surface area contributed by atoms with E-state index in [1.807, 2.05) is 6.92 Å². The van der Waals surface area contributed by atoms with Crippen molar-refractivity contribution in [3.8, 4) is 17.2 Å². The molecule has 0 saturated heterocycles. The summed E-state index contributed by atoms with van der Waals surface area (Å²) in [6.45, 7) is 2.58. The largest absolute Gasteiger partial charge is 0.487 e. The first-order chi connectivity index (χ1) is 19.3. The van der Waals surface area contributed by atoms with E-state index in [0.29, 0.717) is 34.0 Å². The summed E-state index contributed by atoms with van der Waals surface area (Å²) in [6, 6.07) is 17.5. The van der Waals surface area contributed by atoms with Gasteiger partial charge >= 0.3 is 22.4 Å². The van der Waals surface area contributed by atoms with Crippen molar-refractivity contribution in [2.75, 3.05) is 11.3 Å². The van der Waals surface area contributed by atoms with Crippen LogP contribution >= 0.6 is 0 Å². The number of carbonyl (C=O) groups is 1. The van der Waals surface area contributed by atoms with Crippen LogP contribution in [0, 0.1) is 13.8 Å². The maximum atomic E-state index is 12.9. The minimum absolute atomic E-state index is 0.00923. The second kappa shape index (κ2) is 12.0. The van der Waals surface area contributed by atoms with Gasteiger partial charge in [0.25, 0.3) is 0 Å². The molecule has 2 N–H and O–H groups in total. The van der Waals surface area contributed by atoms with Gasteiger partial charge in [-0.1, -0.05) is 29.8 Å². The van der Waals surface area contributed by atoms with Crippen LogP contribution < -0.4 is 9.46 Å². The summed E-state index contributed by atoms with van der Waals surface area (Å²) >= 11 is 0. The zero-order valence-electron chi connectivity index (χ0n) is 22.0. The molecule has 0 radical (unpaired) electrons. The number of nitrogens with one attached hydrogen (secondary N) is 1. The monoisotopic (exact) mass is 589 g/mol. The average Bonchev–Trinajstić information content (AvgIpc) is 3.28. The van der Waals surface area contributed by atoms with Gasteiger partial charge in [-0.2, -0.15) is 25.9 Å². The van der Waals surface area contributed by atoms with Gasteiger partial charge in [0.15, 0.2) is 0 Å². The van der Waals surface area contributed by atoms with Crippen molar-refractivity contribution in [1.29, 1.82) is 0 Å². The third-order valence-corrected chi connectivity index (χ3v) is 7.39. The van der Waals surface area contributed by atoms with Gasteiger partial charge in [-0.25, -0.2) is 4.98 Å². The van der Waals surface area contributed by atoms with Crippen molar-refractivity contribution in [1.82, 2.24) is 9.29 Å². The highest BCUT2D eigenvalue weighted by Gasteiger charge is 2.30. The number of nitrogens with zero attached hydrogens (tertiary/aromatic N) is 2. The zero-order chi connectivity index (χ0) is 29.8. The number of hydrogen-bond donors (Lipinski definition) is 2. The molecule has 216 valence electrons. The standard InChI is InChI=1S/C28H26F3N3O6S/c1-18-3-11-23(12-4-18)33-41(37,38)34(16-26(35)36)15-20-5-13-24(14-6-20)39-17-25-19(2)40-27(32-25)21-7-9-22(10-8-21)28(29,30)31/h3-14,33H,15-17H2,1-2H3,(H,35,36). The summed E-state index contributed by atoms with van der Waals surface area (Å²) in [7, 11) is -4.18. The second-order valence-corrected chi connectivity index (χ2v) is 10.8. The first-order valence-electron chi connectivity index (χ1n) is 12.2. The molecule has 0 saturated carbocycles. The van der Waals surface area contributed by atoms with E-state index in [1.54, 1.807) is 55.5 Å². The van der Waals surface area contributed by atoms with Gasteiger partial charge < -0.3 is 14.3 Å². The van der Waals surface area contributed by atoms with Crippen LogP contribution in [-0.4, -0.2) is 35.3 Å². The number of aryl methyl sites for hydroxylation is 2. The lowest BCUT2D eigenvalue weighted by atomic mass is 10.1. The first kappa shape index (κ1) is 29.6. The van der Waals surface area contributed by atoms with E-state index in [0.717, 1.165) is 22.0 Å². The van der Waals surface area contributed by atoms with E-state index in [9.17, 15) is 31.5 Å². The maximum Gasteiger partial charge on any atom is 0.416 e. The lowest BCUT2D eigenvalue weighted by molar-refractivity contribution is -0.138.